The first-order chi connectivity index (χ1) is 29.0. The minimum Gasteiger partial charge on any atom is -0.493 e. The van der Waals surface area contributed by atoms with Gasteiger partial charge in [0.2, 0.25) is 0 Å². The summed E-state index contributed by atoms with van der Waals surface area (Å²) in [5.41, 5.74) is 8.48. The number of ether oxygens (including phenoxy) is 2. The average Bonchev–Trinajstić information content (AvgIpc) is 3.70. The third-order valence-corrected chi connectivity index (χ3v) is 10.8. The maximum absolute atomic E-state index is 13.9. The van der Waals surface area contributed by atoms with Crippen LogP contribution in [0.4, 0.5) is 11.4 Å². The maximum Gasteiger partial charge on any atom is 0.291 e. The first-order valence-corrected chi connectivity index (χ1v) is 19.6. The van der Waals surface area contributed by atoms with Crippen LogP contribution in [0.1, 0.15) is 49.0 Å². The van der Waals surface area contributed by atoms with Crippen molar-refractivity contribution in [1.82, 2.24) is 24.5 Å². The van der Waals surface area contributed by atoms with E-state index < -0.39 is 11.8 Å². The Morgan fingerprint density at radius 2 is 1.27 bits per heavy atom. The number of amides is 2. The van der Waals surface area contributed by atoms with Gasteiger partial charge in [0.15, 0.2) is 22.7 Å². The summed E-state index contributed by atoms with van der Waals surface area (Å²) in [6.45, 7) is 6.37. The summed E-state index contributed by atoms with van der Waals surface area (Å²) in [4.78, 5) is 42.4. The van der Waals surface area contributed by atoms with Gasteiger partial charge in [0, 0.05) is 62.3 Å². The van der Waals surface area contributed by atoms with Crippen LogP contribution >= 0.6 is 0 Å². The molecule has 3 aromatic heterocycles. The maximum atomic E-state index is 13.9. The van der Waals surface area contributed by atoms with E-state index in [0.29, 0.717) is 22.6 Å². The van der Waals surface area contributed by atoms with Crippen molar-refractivity contribution >= 4 is 56.0 Å². The number of methoxy groups -OCH3 is 2. The van der Waals surface area contributed by atoms with Crippen LogP contribution in [-0.4, -0.2) is 57.0 Å². The number of hydrogen-bond acceptors (Lipinski definition) is 9. The Labute approximate surface area is 346 Å². The van der Waals surface area contributed by atoms with Crippen molar-refractivity contribution in [2.75, 3.05) is 31.4 Å². The van der Waals surface area contributed by atoms with Gasteiger partial charge >= 0.3 is 0 Å². The Balaban J connectivity index is 0.995. The van der Waals surface area contributed by atoms with Gasteiger partial charge in [-0.25, -0.2) is 0 Å². The largest absolute Gasteiger partial charge is 0.493 e. The van der Waals surface area contributed by atoms with Gasteiger partial charge in [0.05, 0.1) is 53.3 Å². The fraction of sp³-hybridized carbons (Fsp3) is 0.213. The van der Waals surface area contributed by atoms with Crippen molar-refractivity contribution in [2.24, 2.45) is 14.1 Å². The fourth-order valence-corrected chi connectivity index (χ4v) is 7.71. The number of aryl methyl sites for hydroxylation is 4. The first kappa shape index (κ1) is 39.6. The zero-order valence-corrected chi connectivity index (χ0v) is 34.3. The first-order valence-electron chi connectivity index (χ1n) is 19.6. The molecule has 0 radical (unpaired) electrons. The highest BCUT2D eigenvalue weighted by Gasteiger charge is 2.22. The summed E-state index contributed by atoms with van der Waals surface area (Å²) in [5, 5.41) is 17.6. The van der Waals surface area contributed by atoms with E-state index >= 15 is 0 Å². The van der Waals surface area contributed by atoms with Crippen molar-refractivity contribution < 1.29 is 23.5 Å². The molecule has 5 aromatic carbocycles. The molecule has 0 saturated heterocycles. The molecule has 0 unspecified atom stereocenters. The normalized spacial score (nSPS) is 11.4. The zero-order chi connectivity index (χ0) is 42.1. The molecule has 13 heteroatoms. The molecule has 8 aromatic rings. The number of anilines is 2. The molecule has 3 heterocycles. The van der Waals surface area contributed by atoms with Crippen LogP contribution in [0, 0.1) is 13.8 Å². The summed E-state index contributed by atoms with van der Waals surface area (Å²) in [7, 11) is 6.86. The summed E-state index contributed by atoms with van der Waals surface area (Å²) in [5.74, 6) is -0.819. The number of nitrogens with one attached hydrogen (secondary N) is 2. The van der Waals surface area contributed by atoms with E-state index in [1.807, 2.05) is 61.6 Å². The molecule has 0 fully saturated rings. The van der Waals surface area contributed by atoms with Gasteiger partial charge in [-0.1, -0.05) is 36.4 Å². The molecule has 8 rings (SSSR count). The zero-order valence-electron chi connectivity index (χ0n) is 34.3. The van der Waals surface area contributed by atoms with E-state index in [4.69, 9.17) is 13.9 Å². The predicted octanol–water partition coefficient (Wildman–Crippen LogP) is 7.95. The second-order valence-corrected chi connectivity index (χ2v) is 14.9. The van der Waals surface area contributed by atoms with Gasteiger partial charge < -0.3 is 24.5 Å². The highest BCUT2D eigenvalue weighted by molar-refractivity contribution is 6.12. The van der Waals surface area contributed by atoms with E-state index in [9.17, 15) is 14.4 Å². The lowest BCUT2D eigenvalue weighted by Crippen LogP contribution is -2.25. The van der Waals surface area contributed by atoms with Crippen molar-refractivity contribution in [3.63, 3.8) is 0 Å². The Kier molecular flexibility index (Phi) is 10.9. The molecule has 13 nitrogen and oxygen atoms in total. The van der Waals surface area contributed by atoms with E-state index in [2.05, 4.69) is 62.1 Å². The predicted molar refractivity (Wildman–Crippen MR) is 233 cm³/mol. The number of aromatic nitrogens is 4. The Hall–Kier alpha value is -7.25. The fourth-order valence-electron chi connectivity index (χ4n) is 7.71. The molecular formula is C47H45N7O6. The number of carbonyl (C=O) groups excluding carboxylic acids is 2. The number of carbonyl (C=O) groups is 2. The molecule has 2 N–H and O–H groups in total. The van der Waals surface area contributed by atoms with Gasteiger partial charge in [-0.3, -0.25) is 28.6 Å². The van der Waals surface area contributed by atoms with E-state index in [0.717, 1.165) is 70.9 Å². The van der Waals surface area contributed by atoms with Crippen molar-refractivity contribution in [3.05, 3.63) is 153 Å². The number of hydrogen-bond donors (Lipinski definition) is 2. The standard InChI is InChI=1S/C47H45N7O6/c1-28-35-21-31(13-17-39(35)52(3)50-28)26-54(27-32-14-18-40-36(22-32)29(2)51-53(40)4)20-19-30-11-15-33(16-12-30)48-46(56)37-23-43(58-5)44(59-6)24-38(37)49-47(57)45-25-41(55)34-9-7-8-10-42(34)60-45/h7-18,21-25H,19-20,26-27H2,1-6H3,(H,48,56)(H,49,57). The van der Waals surface area contributed by atoms with Crippen LogP contribution in [0.2, 0.25) is 0 Å². The molecule has 0 aliphatic heterocycles. The smallest absolute Gasteiger partial charge is 0.291 e. The third kappa shape index (κ3) is 8.07. The summed E-state index contributed by atoms with van der Waals surface area (Å²) in [6, 6.07) is 31.6. The van der Waals surface area contributed by atoms with Crippen LogP contribution in [-0.2, 0) is 33.6 Å². The molecule has 0 atom stereocenters. The summed E-state index contributed by atoms with van der Waals surface area (Å²) >= 11 is 0. The third-order valence-electron chi connectivity index (χ3n) is 10.8. The van der Waals surface area contributed by atoms with Gasteiger partial charge in [-0.15, -0.1) is 0 Å². The van der Waals surface area contributed by atoms with Crippen LogP contribution in [0.15, 0.2) is 112 Å². The number of nitrogens with zero attached hydrogens (tertiary/aromatic N) is 5. The number of rotatable bonds is 13. The van der Waals surface area contributed by atoms with Crippen LogP contribution in [0.5, 0.6) is 11.5 Å². The second kappa shape index (κ2) is 16.5. The number of benzene rings is 5. The summed E-state index contributed by atoms with van der Waals surface area (Å²) < 4.78 is 20.5. The Morgan fingerprint density at radius 1 is 0.683 bits per heavy atom. The molecule has 0 spiro atoms. The summed E-state index contributed by atoms with van der Waals surface area (Å²) in [6.07, 6.45) is 0.771. The lowest BCUT2D eigenvalue weighted by atomic mass is 10.1. The molecule has 0 aliphatic rings. The Bertz CT molecular complexity index is 2890. The quantitative estimate of drug-likeness (QED) is 0.119. The lowest BCUT2D eigenvalue weighted by Gasteiger charge is -2.23. The molecule has 0 bridgehead atoms. The minimum atomic E-state index is -0.710. The SMILES string of the molecule is COc1cc(NC(=O)c2cc(=O)c3ccccc3o2)c(C(=O)Nc2ccc(CCN(Cc3ccc4c(c3)c(C)nn4C)Cc3ccc4c(c3)c(C)nn4C)cc2)cc1OC. The van der Waals surface area contributed by atoms with Crippen LogP contribution < -0.4 is 25.5 Å². The molecule has 304 valence electrons. The van der Waals surface area contributed by atoms with Gasteiger partial charge in [-0.2, -0.15) is 10.2 Å². The van der Waals surface area contributed by atoms with E-state index in [1.54, 1.807) is 24.3 Å². The van der Waals surface area contributed by atoms with Crippen molar-refractivity contribution in [1.29, 1.82) is 0 Å². The number of para-hydroxylation sites is 1. The van der Waals surface area contributed by atoms with Crippen molar-refractivity contribution in [2.45, 2.75) is 33.4 Å². The lowest BCUT2D eigenvalue weighted by molar-refractivity contribution is 0.0997. The number of fused-ring (bicyclic) bond motifs is 3. The van der Waals surface area contributed by atoms with Gasteiger partial charge in [0.1, 0.15) is 5.58 Å². The van der Waals surface area contributed by atoms with Gasteiger partial charge in [0.25, 0.3) is 11.8 Å². The van der Waals surface area contributed by atoms with Gasteiger partial charge in [-0.05, 0) is 91.6 Å². The molecule has 60 heavy (non-hydrogen) atoms. The van der Waals surface area contributed by atoms with E-state index in [1.165, 1.54) is 37.5 Å². The molecule has 2 amide bonds. The average molecular weight is 804 g/mol. The monoisotopic (exact) mass is 803 g/mol. The second-order valence-electron chi connectivity index (χ2n) is 14.9. The van der Waals surface area contributed by atoms with Crippen LogP contribution in [0.3, 0.4) is 0 Å². The molecule has 0 saturated carbocycles. The van der Waals surface area contributed by atoms with Crippen molar-refractivity contribution in [3.8, 4) is 11.5 Å². The van der Waals surface area contributed by atoms with E-state index in [-0.39, 0.29) is 28.0 Å². The minimum absolute atomic E-state index is 0.114. The molecular weight excluding hydrogens is 759 g/mol. The topological polar surface area (TPSA) is 146 Å². The highest BCUT2D eigenvalue weighted by atomic mass is 16.5. The van der Waals surface area contributed by atoms with Crippen LogP contribution in [0.25, 0.3) is 32.8 Å². The highest BCUT2D eigenvalue weighted by Crippen LogP contribution is 2.34. The Morgan fingerprint density at radius 3 is 1.88 bits per heavy atom. The molecule has 0 aliphatic carbocycles.